The molecule has 0 amide bonds. The second-order valence-corrected chi connectivity index (χ2v) is 5.05. The highest BCUT2D eigenvalue weighted by molar-refractivity contribution is 6.30. The molecule has 2 rings (SSSR count). The Balaban J connectivity index is 1.91. The van der Waals surface area contributed by atoms with Gasteiger partial charge in [-0.2, -0.15) is 10.2 Å². The van der Waals surface area contributed by atoms with Gasteiger partial charge in [-0.15, -0.1) is 6.58 Å². The maximum absolute atomic E-state index is 5.82. The molecule has 0 aliphatic heterocycles. The lowest BCUT2D eigenvalue weighted by atomic mass is 10.1. The topological polar surface area (TPSA) is 24.7 Å². The summed E-state index contributed by atoms with van der Waals surface area (Å²) in [7, 11) is 0. The zero-order valence-corrected chi connectivity index (χ0v) is 12.5. The molecule has 21 heavy (non-hydrogen) atoms. The third kappa shape index (κ3) is 5.36. The summed E-state index contributed by atoms with van der Waals surface area (Å²) in [5, 5.41) is 8.79. The predicted octanol–water partition coefficient (Wildman–Crippen LogP) is 4.91. The summed E-state index contributed by atoms with van der Waals surface area (Å²) in [6.07, 6.45) is 7.39. The van der Waals surface area contributed by atoms with Crippen LogP contribution in [0.15, 0.2) is 71.4 Å². The van der Waals surface area contributed by atoms with Crippen molar-refractivity contribution in [2.24, 2.45) is 10.2 Å². The van der Waals surface area contributed by atoms with Gasteiger partial charge in [0.2, 0.25) is 0 Å². The van der Waals surface area contributed by atoms with Gasteiger partial charge in [0.05, 0.1) is 12.4 Å². The molecule has 0 heterocycles. The van der Waals surface area contributed by atoms with E-state index in [0.717, 1.165) is 24.0 Å². The number of aryl methyl sites for hydroxylation is 1. The van der Waals surface area contributed by atoms with Gasteiger partial charge in [0, 0.05) is 5.02 Å². The van der Waals surface area contributed by atoms with E-state index in [-0.39, 0.29) is 0 Å². The molecule has 2 aromatic rings. The second kappa shape index (κ2) is 8.18. The van der Waals surface area contributed by atoms with Crippen LogP contribution in [0.3, 0.4) is 0 Å². The molecule has 0 fully saturated rings. The molecular weight excluding hydrogens is 280 g/mol. The van der Waals surface area contributed by atoms with Crippen LogP contribution in [0.2, 0.25) is 5.02 Å². The molecule has 3 heteroatoms. The Morgan fingerprint density at radius 2 is 1.38 bits per heavy atom. The van der Waals surface area contributed by atoms with E-state index in [1.165, 1.54) is 5.56 Å². The summed E-state index contributed by atoms with van der Waals surface area (Å²) < 4.78 is 0. The monoisotopic (exact) mass is 296 g/mol. The summed E-state index contributed by atoms with van der Waals surface area (Å²) in [5.74, 6) is 0. The van der Waals surface area contributed by atoms with E-state index < -0.39 is 0 Å². The molecule has 2 aromatic carbocycles. The Bertz CT molecular complexity index is 625. The first-order chi connectivity index (χ1) is 10.3. The van der Waals surface area contributed by atoms with Crippen molar-refractivity contribution in [1.82, 2.24) is 0 Å². The van der Waals surface area contributed by atoms with Crippen LogP contribution < -0.4 is 0 Å². The van der Waals surface area contributed by atoms with Crippen LogP contribution in [0.1, 0.15) is 23.1 Å². The van der Waals surface area contributed by atoms with Gasteiger partial charge in [0.15, 0.2) is 0 Å². The highest BCUT2D eigenvalue weighted by Gasteiger charge is 1.92. The first-order valence-electron chi connectivity index (χ1n) is 6.80. The minimum atomic E-state index is 0.715. The molecule has 0 unspecified atom stereocenters. The number of rotatable bonds is 6. The molecular formula is C18H17ClN2. The summed E-state index contributed by atoms with van der Waals surface area (Å²) >= 11 is 5.82. The normalized spacial score (nSPS) is 11.3. The molecule has 0 aromatic heterocycles. The number of halogens is 1. The van der Waals surface area contributed by atoms with Gasteiger partial charge >= 0.3 is 0 Å². The van der Waals surface area contributed by atoms with Crippen LogP contribution in [-0.4, -0.2) is 12.4 Å². The average Bonchev–Trinajstić information content (AvgIpc) is 2.52. The van der Waals surface area contributed by atoms with E-state index in [9.17, 15) is 0 Å². The first kappa shape index (κ1) is 15.2. The summed E-state index contributed by atoms with van der Waals surface area (Å²) in [6, 6.07) is 15.7. The van der Waals surface area contributed by atoms with E-state index in [0.29, 0.717) is 5.02 Å². The molecule has 106 valence electrons. The highest BCUT2D eigenvalue weighted by atomic mass is 35.5. The number of nitrogens with zero attached hydrogens (tertiary/aromatic N) is 2. The van der Waals surface area contributed by atoms with Crippen molar-refractivity contribution in [2.45, 2.75) is 12.8 Å². The molecule has 0 aliphatic carbocycles. The lowest BCUT2D eigenvalue weighted by Crippen LogP contribution is -1.85. The fourth-order valence-corrected chi connectivity index (χ4v) is 1.91. The summed E-state index contributed by atoms with van der Waals surface area (Å²) in [4.78, 5) is 0. The average molecular weight is 297 g/mol. The maximum Gasteiger partial charge on any atom is 0.0568 e. The van der Waals surface area contributed by atoms with Crippen LogP contribution in [0.4, 0.5) is 0 Å². The van der Waals surface area contributed by atoms with Gasteiger partial charge in [0.25, 0.3) is 0 Å². The minimum absolute atomic E-state index is 0.715. The first-order valence-corrected chi connectivity index (χ1v) is 7.17. The van der Waals surface area contributed by atoms with Crippen LogP contribution in [0.5, 0.6) is 0 Å². The summed E-state index contributed by atoms with van der Waals surface area (Å²) in [5.41, 5.74) is 3.30. The van der Waals surface area contributed by atoms with E-state index in [4.69, 9.17) is 11.6 Å². The molecule has 0 spiro atoms. The highest BCUT2D eigenvalue weighted by Crippen LogP contribution is 2.08. The molecule has 0 bridgehead atoms. The molecule has 0 saturated carbocycles. The largest absolute Gasteiger partial charge is 0.159 e. The lowest BCUT2D eigenvalue weighted by Gasteiger charge is -1.98. The molecule has 0 radical (unpaired) electrons. The predicted molar refractivity (Wildman–Crippen MR) is 91.6 cm³/mol. The molecule has 0 N–H and O–H groups in total. The van der Waals surface area contributed by atoms with Crippen LogP contribution in [-0.2, 0) is 6.42 Å². The zero-order valence-electron chi connectivity index (χ0n) is 11.7. The van der Waals surface area contributed by atoms with Crippen molar-refractivity contribution in [3.63, 3.8) is 0 Å². The number of allylic oxidation sites excluding steroid dienone is 1. The van der Waals surface area contributed by atoms with Crippen LogP contribution in [0.25, 0.3) is 0 Å². The number of hydrogen-bond acceptors (Lipinski definition) is 2. The Hall–Kier alpha value is -2.19. The van der Waals surface area contributed by atoms with Crippen molar-refractivity contribution in [3.05, 3.63) is 82.9 Å². The standard InChI is InChI=1S/C18H17ClN2/c1-2-3-4-15-5-7-16(8-6-15)13-20-21-14-17-9-11-18(19)12-10-17/h2,5-14H,1,3-4H2/b20-13+,21-14+. The van der Waals surface area contributed by atoms with Crippen LogP contribution in [0, 0.1) is 0 Å². The van der Waals surface area contributed by atoms with Gasteiger partial charge in [0.1, 0.15) is 0 Å². The maximum atomic E-state index is 5.82. The number of benzene rings is 2. The third-order valence-corrected chi connectivity index (χ3v) is 3.22. The summed E-state index contributed by atoms with van der Waals surface area (Å²) in [6.45, 7) is 3.73. The van der Waals surface area contributed by atoms with Crippen molar-refractivity contribution >= 4 is 24.0 Å². The quantitative estimate of drug-likeness (QED) is 0.411. The van der Waals surface area contributed by atoms with Gasteiger partial charge in [-0.05, 0) is 41.7 Å². The number of hydrogen-bond donors (Lipinski definition) is 0. The van der Waals surface area contributed by atoms with E-state index in [1.54, 1.807) is 12.4 Å². The molecule has 0 saturated heterocycles. The third-order valence-electron chi connectivity index (χ3n) is 2.97. The molecule has 0 aliphatic rings. The van der Waals surface area contributed by atoms with Crippen molar-refractivity contribution in [3.8, 4) is 0 Å². The molecule has 0 atom stereocenters. The minimum Gasteiger partial charge on any atom is -0.159 e. The van der Waals surface area contributed by atoms with Crippen molar-refractivity contribution in [1.29, 1.82) is 0 Å². The Labute approximate surface area is 130 Å². The fraction of sp³-hybridized carbons (Fsp3) is 0.111. The van der Waals surface area contributed by atoms with E-state index >= 15 is 0 Å². The Morgan fingerprint density at radius 1 is 0.857 bits per heavy atom. The Kier molecular flexibility index (Phi) is 5.92. The van der Waals surface area contributed by atoms with Gasteiger partial charge in [-0.1, -0.05) is 54.1 Å². The van der Waals surface area contributed by atoms with Gasteiger partial charge in [-0.25, -0.2) is 0 Å². The van der Waals surface area contributed by atoms with Gasteiger partial charge < -0.3 is 0 Å². The zero-order chi connectivity index (χ0) is 14.9. The Morgan fingerprint density at radius 3 is 1.90 bits per heavy atom. The van der Waals surface area contributed by atoms with E-state index in [1.807, 2.05) is 42.5 Å². The van der Waals surface area contributed by atoms with E-state index in [2.05, 4.69) is 28.9 Å². The smallest absolute Gasteiger partial charge is 0.0568 e. The fourth-order valence-electron chi connectivity index (χ4n) is 1.79. The SMILES string of the molecule is C=CCCc1ccc(/C=N/N=C/c2ccc(Cl)cc2)cc1. The van der Waals surface area contributed by atoms with Crippen LogP contribution >= 0.6 is 11.6 Å². The van der Waals surface area contributed by atoms with Crippen molar-refractivity contribution < 1.29 is 0 Å². The molecule has 2 nitrogen and oxygen atoms in total. The van der Waals surface area contributed by atoms with Crippen molar-refractivity contribution in [2.75, 3.05) is 0 Å². The van der Waals surface area contributed by atoms with Gasteiger partial charge in [-0.3, -0.25) is 0 Å². The second-order valence-electron chi connectivity index (χ2n) is 4.61. The lowest BCUT2D eigenvalue weighted by molar-refractivity contribution is 1.00.